The highest BCUT2D eigenvalue weighted by molar-refractivity contribution is 14.1. The third-order valence-electron chi connectivity index (χ3n) is 2.58. The van der Waals surface area contributed by atoms with Crippen molar-refractivity contribution in [1.82, 2.24) is 19.3 Å². The molecule has 5 nitrogen and oxygen atoms in total. The molecule has 0 radical (unpaired) electrons. The van der Waals surface area contributed by atoms with Crippen LogP contribution in [-0.4, -0.2) is 19.3 Å². The Morgan fingerprint density at radius 2 is 2.24 bits per heavy atom. The first-order valence-electron chi connectivity index (χ1n) is 5.33. The van der Waals surface area contributed by atoms with Crippen LogP contribution in [0.25, 0.3) is 0 Å². The van der Waals surface area contributed by atoms with Gasteiger partial charge in [0, 0.05) is 13.2 Å². The molecule has 0 bridgehead atoms. The van der Waals surface area contributed by atoms with Gasteiger partial charge in [-0.3, -0.25) is 14.0 Å². The largest absolute Gasteiger partial charge is 0.292 e. The van der Waals surface area contributed by atoms with Gasteiger partial charge in [-0.1, -0.05) is 6.92 Å². The third kappa shape index (κ3) is 2.56. The first-order chi connectivity index (χ1) is 8.11. The Labute approximate surface area is 113 Å². The standard InChI is InChI=1S/C11H13IN4O/c1-3-8-4-9(15(2)14-8)6-16-7-13-5-10(12)11(16)17/h4-5,7H,3,6H2,1-2H3. The number of hydrogen-bond acceptors (Lipinski definition) is 3. The lowest BCUT2D eigenvalue weighted by Crippen LogP contribution is -2.23. The second kappa shape index (κ2) is 4.99. The van der Waals surface area contributed by atoms with Gasteiger partial charge in [0.1, 0.15) is 0 Å². The lowest BCUT2D eigenvalue weighted by molar-refractivity contribution is 0.640. The summed E-state index contributed by atoms with van der Waals surface area (Å²) in [6.45, 7) is 2.57. The second-order valence-corrected chi connectivity index (χ2v) is 4.94. The maximum Gasteiger partial charge on any atom is 0.267 e. The van der Waals surface area contributed by atoms with Crippen molar-refractivity contribution in [2.24, 2.45) is 7.05 Å². The van der Waals surface area contributed by atoms with E-state index in [0.717, 1.165) is 17.8 Å². The fourth-order valence-corrected chi connectivity index (χ4v) is 2.07. The van der Waals surface area contributed by atoms with Crippen molar-refractivity contribution in [2.45, 2.75) is 19.9 Å². The average molecular weight is 344 g/mol. The summed E-state index contributed by atoms with van der Waals surface area (Å²) in [6.07, 6.45) is 4.02. The van der Waals surface area contributed by atoms with Crippen LogP contribution in [-0.2, 0) is 20.0 Å². The van der Waals surface area contributed by atoms with Crippen LogP contribution in [0.1, 0.15) is 18.3 Å². The third-order valence-corrected chi connectivity index (χ3v) is 3.32. The molecule has 0 saturated heterocycles. The Balaban J connectivity index is 2.34. The van der Waals surface area contributed by atoms with Gasteiger partial charge in [0.05, 0.1) is 27.8 Å². The van der Waals surface area contributed by atoms with E-state index in [-0.39, 0.29) is 5.56 Å². The molecule has 0 aliphatic rings. The summed E-state index contributed by atoms with van der Waals surface area (Å²) in [6, 6.07) is 2.02. The highest BCUT2D eigenvalue weighted by atomic mass is 127. The van der Waals surface area contributed by atoms with Gasteiger partial charge in [0.15, 0.2) is 0 Å². The van der Waals surface area contributed by atoms with Crippen LogP contribution in [0, 0.1) is 3.57 Å². The minimum Gasteiger partial charge on any atom is -0.292 e. The van der Waals surface area contributed by atoms with Crippen molar-refractivity contribution in [3.63, 3.8) is 0 Å². The summed E-state index contributed by atoms with van der Waals surface area (Å²) in [4.78, 5) is 15.9. The van der Waals surface area contributed by atoms with Crippen LogP contribution in [0.4, 0.5) is 0 Å². The molecule has 2 aromatic rings. The molecule has 0 aliphatic heterocycles. The van der Waals surface area contributed by atoms with E-state index in [4.69, 9.17) is 0 Å². The molecule has 90 valence electrons. The van der Waals surface area contributed by atoms with E-state index in [1.165, 1.54) is 0 Å². The first kappa shape index (κ1) is 12.3. The summed E-state index contributed by atoms with van der Waals surface area (Å²) in [5, 5.41) is 4.36. The van der Waals surface area contributed by atoms with E-state index in [1.807, 2.05) is 40.4 Å². The van der Waals surface area contributed by atoms with Crippen LogP contribution in [0.15, 0.2) is 23.4 Å². The van der Waals surface area contributed by atoms with Crippen LogP contribution >= 0.6 is 22.6 Å². The molecule has 0 saturated carbocycles. The molecule has 0 aliphatic carbocycles. The van der Waals surface area contributed by atoms with E-state index in [9.17, 15) is 4.79 Å². The van der Waals surface area contributed by atoms with Crippen molar-refractivity contribution in [3.05, 3.63) is 43.9 Å². The lowest BCUT2D eigenvalue weighted by atomic mass is 10.3. The lowest BCUT2D eigenvalue weighted by Gasteiger charge is -2.05. The average Bonchev–Trinajstić information content (AvgIpc) is 2.66. The van der Waals surface area contributed by atoms with Gasteiger partial charge >= 0.3 is 0 Å². The maximum atomic E-state index is 11.8. The van der Waals surface area contributed by atoms with Gasteiger partial charge in [-0.05, 0) is 35.1 Å². The molecule has 17 heavy (non-hydrogen) atoms. The van der Waals surface area contributed by atoms with Crippen LogP contribution in [0.5, 0.6) is 0 Å². The van der Waals surface area contributed by atoms with Crippen LogP contribution < -0.4 is 5.56 Å². The van der Waals surface area contributed by atoms with Crippen LogP contribution in [0.2, 0.25) is 0 Å². The molecule has 0 atom stereocenters. The number of aryl methyl sites for hydroxylation is 2. The molecular weight excluding hydrogens is 331 g/mol. The molecule has 0 aromatic carbocycles. The van der Waals surface area contributed by atoms with Crippen molar-refractivity contribution >= 4 is 22.6 Å². The Hall–Kier alpha value is -1.18. The number of nitrogens with zero attached hydrogens (tertiary/aromatic N) is 4. The van der Waals surface area contributed by atoms with Gasteiger partial charge in [-0.15, -0.1) is 0 Å². The molecule has 2 aromatic heterocycles. The summed E-state index contributed by atoms with van der Waals surface area (Å²) >= 11 is 2.00. The molecule has 0 unspecified atom stereocenters. The Morgan fingerprint density at radius 3 is 2.88 bits per heavy atom. The molecule has 0 spiro atoms. The zero-order valence-corrected chi connectivity index (χ0v) is 11.9. The topological polar surface area (TPSA) is 52.7 Å². The zero-order chi connectivity index (χ0) is 12.4. The van der Waals surface area contributed by atoms with Crippen molar-refractivity contribution in [1.29, 1.82) is 0 Å². The second-order valence-electron chi connectivity index (χ2n) is 3.78. The zero-order valence-electron chi connectivity index (χ0n) is 9.72. The van der Waals surface area contributed by atoms with Crippen molar-refractivity contribution < 1.29 is 0 Å². The number of aromatic nitrogens is 4. The molecule has 2 rings (SSSR count). The minimum atomic E-state index is -0.0140. The summed E-state index contributed by atoms with van der Waals surface area (Å²) < 4.78 is 4.03. The molecule has 6 heteroatoms. The first-order valence-corrected chi connectivity index (χ1v) is 6.41. The minimum absolute atomic E-state index is 0.0140. The SMILES string of the molecule is CCc1cc(Cn2cncc(I)c2=O)n(C)n1. The maximum absolute atomic E-state index is 11.8. The number of halogens is 1. The summed E-state index contributed by atoms with van der Waals surface area (Å²) in [5.41, 5.74) is 2.03. The predicted molar refractivity (Wildman–Crippen MR) is 72.9 cm³/mol. The summed E-state index contributed by atoms with van der Waals surface area (Å²) in [7, 11) is 1.89. The molecule has 0 amide bonds. The van der Waals surface area contributed by atoms with Gasteiger partial charge in [0.25, 0.3) is 5.56 Å². The van der Waals surface area contributed by atoms with Gasteiger partial charge in [-0.25, -0.2) is 4.98 Å². The smallest absolute Gasteiger partial charge is 0.267 e. The van der Waals surface area contributed by atoms with E-state index in [2.05, 4.69) is 17.0 Å². The normalized spacial score (nSPS) is 10.8. The van der Waals surface area contributed by atoms with E-state index < -0.39 is 0 Å². The van der Waals surface area contributed by atoms with Crippen LogP contribution in [0.3, 0.4) is 0 Å². The van der Waals surface area contributed by atoms with Crippen molar-refractivity contribution in [2.75, 3.05) is 0 Å². The van der Waals surface area contributed by atoms with Gasteiger partial charge in [-0.2, -0.15) is 5.10 Å². The molecule has 2 heterocycles. The molecule has 0 N–H and O–H groups in total. The van der Waals surface area contributed by atoms with Gasteiger partial charge < -0.3 is 0 Å². The van der Waals surface area contributed by atoms with E-state index in [1.54, 1.807) is 17.1 Å². The predicted octanol–water partition coefficient (Wildman–Crippen LogP) is 1.19. The van der Waals surface area contributed by atoms with E-state index in [0.29, 0.717) is 10.1 Å². The Kier molecular flexibility index (Phi) is 3.60. The van der Waals surface area contributed by atoms with Crippen molar-refractivity contribution in [3.8, 4) is 0 Å². The molecule has 0 fully saturated rings. The number of hydrogen-bond donors (Lipinski definition) is 0. The fourth-order valence-electron chi connectivity index (χ4n) is 1.60. The quantitative estimate of drug-likeness (QED) is 0.786. The number of rotatable bonds is 3. The molecular formula is C11H13IN4O. The Morgan fingerprint density at radius 1 is 1.47 bits per heavy atom. The highest BCUT2D eigenvalue weighted by Gasteiger charge is 2.07. The summed E-state index contributed by atoms with van der Waals surface area (Å²) in [5.74, 6) is 0. The monoisotopic (exact) mass is 344 g/mol. The highest BCUT2D eigenvalue weighted by Crippen LogP contribution is 2.05. The van der Waals surface area contributed by atoms with E-state index >= 15 is 0 Å². The Bertz CT molecular complexity index is 587. The fraction of sp³-hybridized carbons (Fsp3) is 0.364. The van der Waals surface area contributed by atoms with Gasteiger partial charge in [0.2, 0.25) is 0 Å².